The Labute approximate surface area is 93.8 Å². The Kier molecular flexibility index (Phi) is 5.09. The van der Waals surface area contributed by atoms with Crippen LogP contribution in [-0.2, 0) is 0 Å². The van der Waals surface area contributed by atoms with Gasteiger partial charge in [-0.05, 0) is 25.0 Å². The number of benzene rings is 1. The molecule has 0 unspecified atom stereocenters. The highest BCUT2D eigenvalue weighted by molar-refractivity contribution is 6.39. The van der Waals surface area contributed by atoms with Gasteiger partial charge in [-0.25, -0.2) is 0 Å². The summed E-state index contributed by atoms with van der Waals surface area (Å²) in [6, 6.07) is 5.40. The van der Waals surface area contributed by atoms with E-state index in [-0.39, 0.29) is 6.61 Å². The van der Waals surface area contributed by atoms with E-state index in [1.54, 1.807) is 12.1 Å². The van der Waals surface area contributed by atoms with Crippen LogP contribution in [0.25, 0.3) is 0 Å². The monoisotopic (exact) mass is 233 g/mol. The van der Waals surface area contributed by atoms with Crippen molar-refractivity contribution in [3.8, 4) is 0 Å². The predicted molar refractivity (Wildman–Crippen MR) is 61.3 cm³/mol. The molecule has 0 aromatic heterocycles. The number of hydrogen-bond acceptors (Lipinski definition) is 2. The molecule has 0 aliphatic rings. The highest BCUT2D eigenvalue weighted by atomic mass is 35.5. The maximum Gasteiger partial charge on any atom is 0.0718 e. The largest absolute Gasteiger partial charge is 0.396 e. The van der Waals surface area contributed by atoms with Gasteiger partial charge in [0.1, 0.15) is 0 Å². The summed E-state index contributed by atoms with van der Waals surface area (Å²) in [7, 11) is 0. The fraction of sp³-hybridized carbons (Fsp3) is 0.400. The number of para-hydroxylation sites is 1. The van der Waals surface area contributed by atoms with Crippen LogP contribution < -0.4 is 5.32 Å². The Bertz CT molecular complexity index is 271. The molecular formula is C10H13Cl2NO. The fourth-order valence-electron chi connectivity index (χ4n) is 1.12. The van der Waals surface area contributed by atoms with Gasteiger partial charge in [0.15, 0.2) is 0 Å². The smallest absolute Gasteiger partial charge is 0.0718 e. The molecule has 1 aromatic rings. The first-order valence-electron chi connectivity index (χ1n) is 4.54. The van der Waals surface area contributed by atoms with E-state index in [9.17, 15) is 0 Å². The first-order chi connectivity index (χ1) is 6.75. The molecule has 0 bridgehead atoms. The average molecular weight is 234 g/mol. The van der Waals surface area contributed by atoms with Crippen molar-refractivity contribution < 1.29 is 5.11 Å². The molecule has 0 heterocycles. The summed E-state index contributed by atoms with van der Waals surface area (Å²) < 4.78 is 0. The zero-order chi connectivity index (χ0) is 10.4. The first kappa shape index (κ1) is 11.6. The van der Waals surface area contributed by atoms with E-state index in [4.69, 9.17) is 28.3 Å². The summed E-state index contributed by atoms with van der Waals surface area (Å²) in [5.41, 5.74) is 0.772. The van der Waals surface area contributed by atoms with Crippen molar-refractivity contribution in [1.82, 2.24) is 0 Å². The third-order valence-electron chi connectivity index (χ3n) is 1.85. The minimum atomic E-state index is 0.220. The lowest BCUT2D eigenvalue weighted by molar-refractivity contribution is 0.286. The number of unbranched alkanes of at least 4 members (excludes halogenated alkanes) is 1. The van der Waals surface area contributed by atoms with Gasteiger partial charge in [0.2, 0.25) is 0 Å². The molecule has 0 saturated heterocycles. The normalized spacial score (nSPS) is 10.2. The quantitative estimate of drug-likeness (QED) is 0.767. The van der Waals surface area contributed by atoms with E-state index in [1.807, 2.05) is 6.07 Å². The van der Waals surface area contributed by atoms with Crippen LogP contribution in [0.2, 0.25) is 10.0 Å². The third-order valence-corrected chi connectivity index (χ3v) is 2.48. The third kappa shape index (κ3) is 3.37. The van der Waals surface area contributed by atoms with Crippen molar-refractivity contribution in [2.24, 2.45) is 0 Å². The molecule has 1 aromatic carbocycles. The number of rotatable bonds is 5. The number of nitrogens with one attached hydrogen (secondary N) is 1. The van der Waals surface area contributed by atoms with Gasteiger partial charge < -0.3 is 10.4 Å². The van der Waals surface area contributed by atoms with Crippen LogP contribution in [0.5, 0.6) is 0 Å². The van der Waals surface area contributed by atoms with Crippen LogP contribution in [-0.4, -0.2) is 18.3 Å². The minimum Gasteiger partial charge on any atom is -0.396 e. The van der Waals surface area contributed by atoms with Crippen molar-refractivity contribution in [1.29, 1.82) is 0 Å². The first-order valence-corrected chi connectivity index (χ1v) is 5.30. The second-order valence-corrected chi connectivity index (χ2v) is 3.77. The molecule has 2 N–H and O–H groups in total. The Balaban J connectivity index is 2.49. The zero-order valence-corrected chi connectivity index (χ0v) is 9.28. The van der Waals surface area contributed by atoms with Crippen LogP contribution in [0.3, 0.4) is 0 Å². The molecule has 0 radical (unpaired) electrons. The summed E-state index contributed by atoms with van der Waals surface area (Å²) in [5, 5.41) is 13.0. The lowest BCUT2D eigenvalue weighted by Crippen LogP contribution is -2.03. The fourth-order valence-corrected chi connectivity index (χ4v) is 1.65. The predicted octanol–water partition coefficient (Wildman–Crippen LogP) is 3.18. The summed E-state index contributed by atoms with van der Waals surface area (Å²) >= 11 is 11.9. The number of anilines is 1. The molecule has 4 heteroatoms. The SMILES string of the molecule is OCCCCNc1c(Cl)cccc1Cl. The average Bonchev–Trinajstić information content (AvgIpc) is 2.16. The number of aliphatic hydroxyl groups is 1. The molecule has 1 rings (SSSR count). The molecular weight excluding hydrogens is 221 g/mol. The van der Waals surface area contributed by atoms with Crippen molar-refractivity contribution in [3.05, 3.63) is 28.2 Å². The van der Waals surface area contributed by atoms with Crippen LogP contribution >= 0.6 is 23.2 Å². The van der Waals surface area contributed by atoms with Gasteiger partial charge in [-0.1, -0.05) is 29.3 Å². The summed E-state index contributed by atoms with van der Waals surface area (Å²) in [6.07, 6.45) is 1.69. The number of hydrogen-bond donors (Lipinski definition) is 2. The van der Waals surface area contributed by atoms with E-state index in [0.717, 1.165) is 25.1 Å². The van der Waals surface area contributed by atoms with E-state index < -0.39 is 0 Å². The van der Waals surface area contributed by atoms with Gasteiger partial charge in [-0.2, -0.15) is 0 Å². The van der Waals surface area contributed by atoms with E-state index >= 15 is 0 Å². The van der Waals surface area contributed by atoms with E-state index in [0.29, 0.717) is 10.0 Å². The zero-order valence-electron chi connectivity index (χ0n) is 7.76. The summed E-state index contributed by atoms with van der Waals surface area (Å²) in [5.74, 6) is 0. The van der Waals surface area contributed by atoms with Crippen molar-refractivity contribution >= 4 is 28.9 Å². The molecule has 0 aliphatic heterocycles. The summed E-state index contributed by atoms with van der Waals surface area (Å²) in [4.78, 5) is 0. The standard InChI is InChI=1S/C10H13Cl2NO/c11-8-4-3-5-9(12)10(8)13-6-1-2-7-14/h3-5,13-14H,1-2,6-7H2. The van der Waals surface area contributed by atoms with Crippen molar-refractivity contribution in [2.75, 3.05) is 18.5 Å². The summed E-state index contributed by atoms with van der Waals surface area (Å²) in [6.45, 7) is 0.988. The van der Waals surface area contributed by atoms with Gasteiger partial charge in [0.05, 0.1) is 15.7 Å². The Morgan fingerprint density at radius 2 is 1.79 bits per heavy atom. The molecule has 0 fully saturated rings. The van der Waals surface area contributed by atoms with E-state index in [1.165, 1.54) is 0 Å². The highest BCUT2D eigenvalue weighted by Crippen LogP contribution is 2.29. The number of aliphatic hydroxyl groups excluding tert-OH is 1. The lowest BCUT2D eigenvalue weighted by atomic mass is 10.3. The van der Waals surface area contributed by atoms with Crippen LogP contribution in [0.1, 0.15) is 12.8 Å². The van der Waals surface area contributed by atoms with Crippen molar-refractivity contribution in [2.45, 2.75) is 12.8 Å². The molecule has 2 nitrogen and oxygen atoms in total. The molecule has 0 saturated carbocycles. The maximum absolute atomic E-state index is 8.59. The molecule has 0 spiro atoms. The van der Waals surface area contributed by atoms with Gasteiger partial charge in [0.25, 0.3) is 0 Å². The van der Waals surface area contributed by atoms with Crippen LogP contribution in [0.4, 0.5) is 5.69 Å². The van der Waals surface area contributed by atoms with Crippen molar-refractivity contribution in [3.63, 3.8) is 0 Å². The van der Waals surface area contributed by atoms with E-state index in [2.05, 4.69) is 5.32 Å². The highest BCUT2D eigenvalue weighted by Gasteiger charge is 2.03. The molecule has 78 valence electrons. The minimum absolute atomic E-state index is 0.220. The number of halogens is 2. The molecule has 0 amide bonds. The van der Waals surface area contributed by atoms with Gasteiger partial charge in [0, 0.05) is 13.2 Å². The lowest BCUT2D eigenvalue weighted by Gasteiger charge is -2.09. The van der Waals surface area contributed by atoms with Gasteiger partial charge in [-0.3, -0.25) is 0 Å². The second-order valence-electron chi connectivity index (χ2n) is 2.95. The Hall–Kier alpha value is -0.440. The van der Waals surface area contributed by atoms with Crippen LogP contribution in [0, 0.1) is 0 Å². The topological polar surface area (TPSA) is 32.3 Å². The second kappa shape index (κ2) is 6.12. The Morgan fingerprint density at radius 1 is 1.14 bits per heavy atom. The molecule has 14 heavy (non-hydrogen) atoms. The molecule has 0 aliphatic carbocycles. The molecule has 0 atom stereocenters. The maximum atomic E-state index is 8.59. The van der Waals surface area contributed by atoms with Crippen LogP contribution in [0.15, 0.2) is 18.2 Å². The van der Waals surface area contributed by atoms with Gasteiger partial charge >= 0.3 is 0 Å². The van der Waals surface area contributed by atoms with Gasteiger partial charge in [-0.15, -0.1) is 0 Å². The Morgan fingerprint density at radius 3 is 2.36 bits per heavy atom.